The van der Waals surface area contributed by atoms with Crippen LogP contribution in [0, 0.1) is 0 Å². The summed E-state index contributed by atoms with van der Waals surface area (Å²) in [7, 11) is 1.54. The van der Waals surface area contributed by atoms with Crippen molar-refractivity contribution < 1.29 is 13.5 Å². The second-order valence-electron chi connectivity index (χ2n) is 3.34. The maximum atomic E-state index is 13.0. The number of halogens is 2. The molecule has 0 saturated carbocycles. The molecule has 1 heterocycles. The molecule has 0 aliphatic carbocycles. The van der Waals surface area contributed by atoms with Crippen LogP contribution in [0.2, 0.25) is 0 Å². The Morgan fingerprint density at radius 1 is 1.12 bits per heavy atom. The first-order valence-corrected chi connectivity index (χ1v) is 5.84. The van der Waals surface area contributed by atoms with Gasteiger partial charge in [-0.3, -0.25) is 0 Å². The standard InChI is InChI=1S/C13H10F2OS/c1-16-10-6-4-9(5-7-10)12(13(14)15)11-3-2-8-17-11/h2-8H,1H3. The van der Waals surface area contributed by atoms with Gasteiger partial charge in [0.15, 0.2) is 0 Å². The fourth-order valence-corrected chi connectivity index (χ4v) is 2.30. The fraction of sp³-hybridized carbons (Fsp3) is 0.0769. The fourth-order valence-electron chi connectivity index (χ4n) is 1.52. The van der Waals surface area contributed by atoms with Gasteiger partial charge >= 0.3 is 0 Å². The zero-order valence-corrected chi connectivity index (χ0v) is 9.93. The lowest BCUT2D eigenvalue weighted by molar-refractivity contribution is 0.414. The molecule has 4 heteroatoms. The van der Waals surface area contributed by atoms with Crippen molar-refractivity contribution in [1.82, 2.24) is 0 Å². The molecule has 1 aromatic heterocycles. The van der Waals surface area contributed by atoms with Gasteiger partial charge in [-0.2, -0.15) is 8.78 Å². The van der Waals surface area contributed by atoms with Crippen LogP contribution in [-0.2, 0) is 0 Å². The van der Waals surface area contributed by atoms with Gasteiger partial charge < -0.3 is 4.74 Å². The first-order valence-electron chi connectivity index (χ1n) is 4.96. The minimum Gasteiger partial charge on any atom is -0.497 e. The number of ether oxygens (including phenoxy) is 1. The molecule has 1 aromatic carbocycles. The van der Waals surface area contributed by atoms with Gasteiger partial charge in [-0.1, -0.05) is 18.2 Å². The van der Waals surface area contributed by atoms with Crippen LogP contribution in [0.1, 0.15) is 10.4 Å². The third-order valence-corrected chi connectivity index (χ3v) is 3.22. The normalized spacial score (nSPS) is 10.1. The molecule has 1 nitrogen and oxygen atoms in total. The Labute approximate surface area is 102 Å². The van der Waals surface area contributed by atoms with Crippen LogP contribution in [0.5, 0.6) is 5.75 Å². The van der Waals surface area contributed by atoms with E-state index in [-0.39, 0.29) is 5.57 Å². The molecule has 0 aliphatic rings. The molecule has 0 bridgehead atoms. The SMILES string of the molecule is COc1ccc(C(=C(F)F)c2cccs2)cc1. The van der Waals surface area contributed by atoms with E-state index in [9.17, 15) is 8.78 Å². The summed E-state index contributed by atoms with van der Waals surface area (Å²) in [6, 6.07) is 10.0. The van der Waals surface area contributed by atoms with Crippen LogP contribution < -0.4 is 4.74 Å². The van der Waals surface area contributed by atoms with E-state index in [1.807, 2.05) is 0 Å². The Morgan fingerprint density at radius 2 is 1.82 bits per heavy atom. The molecule has 0 aliphatic heterocycles. The van der Waals surface area contributed by atoms with Crippen molar-refractivity contribution in [2.45, 2.75) is 0 Å². The molecule has 0 saturated heterocycles. The lowest BCUT2D eigenvalue weighted by atomic mass is 10.1. The number of rotatable bonds is 3. The summed E-state index contributed by atoms with van der Waals surface area (Å²) >= 11 is 1.30. The summed E-state index contributed by atoms with van der Waals surface area (Å²) in [6.45, 7) is 0. The van der Waals surface area contributed by atoms with Gasteiger partial charge in [0.05, 0.1) is 12.7 Å². The van der Waals surface area contributed by atoms with E-state index in [1.54, 1.807) is 48.9 Å². The highest BCUT2D eigenvalue weighted by Gasteiger charge is 2.13. The quantitative estimate of drug-likeness (QED) is 0.786. The molecule has 88 valence electrons. The molecular weight excluding hydrogens is 242 g/mol. The number of thiophene rings is 1. The monoisotopic (exact) mass is 252 g/mol. The lowest BCUT2D eigenvalue weighted by Gasteiger charge is -2.05. The predicted octanol–water partition coefficient (Wildman–Crippen LogP) is 4.41. The van der Waals surface area contributed by atoms with Gasteiger partial charge in [0.1, 0.15) is 5.75 Å². The van der Waals surface area contributed by atoms with Crippen LogP contribution >= 0.6 is 11.3 Å². The molecule has 0 radical (unpaired) electrons. The lowest BCUT2D eigenvalue weighted by Crippen LogP contribution is -1.88. The van der Waals surface area contributed by atoms with Crippen LogP contribution in [0.4, 0.5) is 8.78 Å². The van der Waals surface area contributed by atoms with E-state index in [0.717, 1.165) is 0 Å². The second-order valence-corrected chi connectivity index (χ2v) is 4.29. The molecule has 0 fully saturated rings. The molecular formula is C13H10F2OS. The highest BCUT2D eigenvalue weighted by molar-refractivity contribution is 7.11. The first-order chi connectivity index (χ1) is 8.22. The van der Waals surface area contributed by atoms with Crippen molar-refractivity contribution in [3.8, 4) is 5.75 Å². The van der Waals surface area contributed by atoms with Crippen LogP contribution in [0.3, 0.4) is 0 Å². The van der Waals surface area contributed by atoms with E-state index in [1.165, 1.54) is 11.3 Å². The maximum Gasteiger partial charge on any atom is 0.279 e. The summed E-state index contributed by atoms with van der Waals surface area (Å²) in [5.41, 5.74) is 0.482. The van der Waals surface area contributed by atoms with E-state index < -0.39 is 6.08 Å². The van der Waals surface area contributed by atoms with Crippen molar-refractivity contribution in [3.05, 3.63) is 58.3 Å². The summed E-state index contributed by atoms with van der Waals surface area (Å²) in [6.07, 6.45) is -1.67. The molecule has 0 unspecified atom stereocenters. The Balaban J connectivity index is 2.45. The molecule has 0 spiro atoms. The van der Waals surface area contributed by atoms with Crippen molar-refractivity contribution >= 4 is 16.9 Å². The average Bonchev–Trinajstić information content (AvgIpc) is 2.83. The molecule has 2 rings (SSSR count). The second kappa shape index (κ2) is 5.10. The smallest absolute Gasteiger partial charge is 0.279 e. The maximum absolute atomic E-state index is 13.0. The number of methoxy groups -OCH3 is 1. The van der Waals surface area contributed by atoms with Crippen molar-refractivity contribution in [1.29, 1.82) is 0 Å². The van der Waals surface area contributed by atoms with Crippen molar-refractivity contribution in [2.75, 3.05) is 7.11 Å². The highest BCUT2D eigenvalue weighted by atomic mass is 32.1. The van der Waals surface area contributed by atoms with E-state index in [2.05, 4.69) is 0 Å². The highest BCUT2D eigenvalue weighted by Crippen LogP contribution is 2.32. The zero-order chi connectivity index (χ0) is 12.3. The molecule has 0 amide bonds. The first kappa shape index (κ1) is 11.8. The van der Waals surface area contributed by atoms with Gasteiger partial charge in [-0.25, -0.2) is 0 Å². The van der Waals surface area contributed by atoms with Gasteiger partial charge in [0.25, 0.3) is 6.08 Å². The molecule has 0 atom stereocenters. The minimum absolute atomic E-state index is 0.0114. The molecule has 0 N–H and O–H groups in total. The van der Waals surface area contributed by atoms with E-state index in [0.29, 0.717) is 16.2 Å². The van der Waals surface area contributed by atoms with Crippen LogP contribution in [0.15, 0.2) is 47.9 Å². The Kier molecular flexibility index (Phi) is 3.54. The van der Waals surface area contributed by atoms with Crippen molar-refractivity contribution in [2.24, 2.45) is 0 Å². The Hall–Kier alpha value is -1.68. The minimum atomic E-state index is -1.67. The van der Waals surface area contributed by atoms with Crippen LogP contribution in [0.25, 0.3) is 5.57 Å². The molecule has 17 heavy (non-hydrogen) atoms. The topological polar surface area (TPSA) is 9.23 Å². The summed E-state index contributed by atoms with van der Waals surface area (Å²) in [4.78, 5) is 0.565. The van der Waals surface area contributed by atoms with Gasteiger partial charge in [0.2, 0.25) is 0 Å². The van der Waals surface area contributed by atoms with E-state index >= 15 is 0 Å². The predicted molar refractivity (Wildman–Crippen MR) is 65.6 cm³/mol. The molecule has 2 aromatic rings. The van der Waals surface area contributed by atoms with Gasteiger partial charge in [-0.05, 0) is 29.1 Å². The van der Waals surface area contributed by atoms with Gasteiger partial charge in [0, 0.05) is 4.88 Å². The van der Waals surface area contributed by atoms with Crippen LogP contribution in [-0.4, -0.2) is 7.11 Å². The largest absolute Gasteiger partial charge is 0.497 e. The average molecular weight is 252 g/mol. The van der Waals surface area contributed by atoms with E-state index in [4.69, 9.17) is 4.74 Å². The van der Waals surface area contributed by atoms with Gasteiger partial charge in [-0.15, -0.1) is 11.3 Å². The summed E-state index contributed by atoms with van der Waals surface area (Å²) in [5, 5.41) is 1.78. The Morgan fingerprint density at radius 3 is 2.29 bits per heavy atom. The number of hydrogen-bond donors (Lipinski definition) is 0. The Bertz CT molecular complexity index is 511. The third-order valence-electron chi connectivity index (χ3n) is 2.34. The summed E-state index contributed by atoms with van der Waals surface area (Å²) < 4.78 is 31.0. The number of benzene rings is 1. The third kappa shape index (κ3) is 2.53. The van der Waals surface area contributed by atoms with Crippen molar-refractivity contribution in [3.63, 3.8) is 0 Å². The summed E-state index contributed by atoms with van der Waals surface area (Å²) in [5.74, 6) is 0.651. The number of hydrogen-bond acceptors (Lipinski definition) is 2. The zero-order valence-electron chi connectivity index (χ0n) is 9.11.